The molecule has 84 valence electrons. The molecule has 0 bridgehead atoms. The van der Waals surface area contributed by atoms with Gasteiger partial charge in [-0.2, -0.15) is 23.5 Å². The summed E-state index contributed by atoms with van der Waals surface area (Å²) in [5.74, 6) is 1.24. The minimum atomic E-state index is 0.566. The van der Waals surface area contributed by atoms with E-state index in [9.17, 15) is 0 Å². The number of rotatable bonds is 6. The van der Waals surface area contributed by atoms with Gasteiger partial charge in [0.15, 0.2) is 0 Å². The van der Waals surface area contributed by atoms with E-state index in [-0.39, 0.29) is 0 Å². The first-order chi connectivity index (χ1) is 6.83. The van der Waals surface area contributed by atoms with E-state index < -0.39 is 0 Å². The largest absolute Gasteiger partial charge is 0.315 e. The molecule has 0 aliphatic heterocycles. The van der Waals surface area contributed by atoms with Crippen LogP contribution in [0.4, 0.5) is 0 Å². The highest BCUT2D eigenvalue weighted by molar-refractivity contribution is 8.00. The highest BCUT2D eigenvalue weighted by Gasteiger charge is 2.30. The van der Waals surface area contributed by atoms with Crippen LogP contribution in [-0.2, 0) is 0 Å². The van der Waals surface area contributed by atoms with Crippen molar-refractivity contribution in [2.45, 2.75) is 36.9 Å². The van der Waals surface area contributed by atoms with Crippen LogP contribution in [0.15, 0.2) is 0 Å². The van der Waals surface area contributed by atoms with Crippen molar-refractivity contribution in [3.05, 3.63) is 0 Å². The maximum atomic E-state index is 3.61. The van der Waals surface area contributed by atoms with Gasteiger partial charge in [0.05, 0.1) is 0 Å². The Balaban J connectivity index is 2.22. The van der Waals surface area contributed by atoms with Crippen LogP contribution < -0.4 is 5.32 Å². The van der Waals surface area contributed by atoms with Crippen LogP contribution >= 0.6 is 23.5 Å². The van der Waals surface area contributed by atoms with Gasteiger partial charge in [0.25, 0.3) is 0 Å². The van der Waals surface area contributed by atoms with Crippen molar-refractivity contribution in [3.63, 3.8) is 0 Å². The van der Waals surface area contributed by atoms with E-state index in [1.165, 1.54) is 50.9 Å². The summed E-state index contributed by atoms with van der Waals surface area (Å²) in [6, 6.07) is 0. The van der Waals surface area contributed by atoms with Gasteiger partial charge < -0.3 is 5.32 Å². The summed E-state index contributed by atoms with van der Waals surface area (Å²) in [5.41, 5.74) is 0. The van der Waals surface area contributed by atoms with E-state index in [0.29, 0.717) is 4.75 Å². The van der Waals surface area contributed by atoms with E-state index in [2.05, 4.69) is 29.6 Å². The average Bonchev–Trinajstić information content (AvgIpc) is 2.26. The normalized spacial score (nSPS) is 21.0. The molecule has 3 heteroatoms. The Morgan fingerprint density at radius 1 is 1.14 bits per heavy atom. The zero-order valence-electron chi connectivity index (χ0n) is 9.47. The van der Waals surface area contributed by atoms with Gasteiger partial charge in [0, 0.05) is 23.6 Å². The SMILES string of the molecule is CSCCNCC1(SC)CCCCC1. The molecule has 1 rings (SSSR count). The Kier molecular flexibility index (Phi) is 6.38. The van der Waals surface area contributed by atoms with Gasteiger partial charge in [-0.25, -0.2) is 0 Å². The maximum absolute atomic E-state index is 3.61. The highest BCUT2D eigenvalue weighted by atomic mass is 32.2. The standard InChI is InChI=1S/C11H23NS2/c1-13-9-8-12-10-11(14-2)6-4-3-5-7-11/h12H,3-10H2,1-2H3. The van der Waals surface area contributed by atoms with Gasteiger partial charge in [0.2, 0.25) is 0 Å². The maximum Gasteiger partial charge on any atom is 0.0281 e. The molecule has 0 radical (unpaired) electrons. The summed E-state index contributed by atoms with van der Waals surface area (Å²) in [6.07, 6.45) is 11.6. The van der Waals surface area contributed by atoms with Crippen LogP contribution in [0.1, 0.15) is 32.1 Å². The van der Waals surface area contributed by atoms with Crippen LogP contribution in [0.3, 0.4) is 0 Å². The third-order valence-electron chi connectivity index (χ3n) is 3.13. The Hall–Kier alpha value is 0.660. The molecule has 0 aromatic rings. The number of hydrogen-bond donors (Lipinski definition) is 1. The molecule has 0 aromatic heterocycles. The third-order valence-corrected chi connectivity index (χ3v) is 5.16. The molecule has 1 nitrogen and oxygen atoms in total. The molecule has 0 heterocycles. The smallest absolute Gasteiger partial charge is 0.0281 e. The molecule has 0 atom stereocenters. The molecular weight excluding hydrogens is 210 g/mol. The van der Waals surface area contributed by atoms with Crippen LogP contribution in [0, 0.1) is 0 Å². The first kappa shape index (κ1) is 12.7. The summed E-state index contributed by atoms with van der Waals surface area (Å²) in [6.45, 7) is 2.39. The first-order valence-electron chi connectivity index (χ1n) is 5.58. The highest BCUT2D eigenvalue weighted by Crippen LogP contribution is 2.37. The van der Waals surface area contributed by atoms with E-state index in [0.717, 1.165) is 0 Å². The van der Waals surface area contributed by atoms with Crippen LogP contribution in [-0.4, -0.2) is 36.1 Å². The Labute approximate surface area is 97.2 Å². The fourth-order valence-corrected chi connectivity index (χ4v) is 3.43. The molecule has 0 aromatic carbocycles. The van der Waals surface area contributed by atoms with E-state index in [4.69, 9.17) is 0 Å². The first-order valence-corrected chi connectivity index (χ1v) is 8.20. The van der Waals surface area contributed by atoms with Crippen molar-refractivity contribution < 1.29 is 0 Å². The Morgan fingerprint density at radius 3 is 2.43 bits per heavy atom. The molecule has 1 saturated carbocycles. The number of nitrogens with one attached hydrogen (secondary N) is 1. The lowest BCUT2D eigenvalue weighted by Gasteiger charge is -2.36. The van der Waals surface area contributed by atoms with Crippen molar-refractivity contribution in [3.8, 4) is 0 Å². The van der Waals surface area contributed by atoms with Crippen LogP contribution in [0.25, 0.3) is 0 Å². The molecule has 0 spiro atoms. The molecule has 0 amide bonds. The van der Waals surface area contributed by atoms with Gasteiger partial charge in [0.1, 0.15) is 0 Å². The fraction of sp³-hybridized carbons (Fsp3) is 1.00. The second kappa shape index (κ2) is 7.02. The number of thioether (sulfide) groups is 2. The van der Waals surface area contributed by atoms with Crippen molar-refractivity contribution in [1.82, 2.24) is 5.32 Å². The van der Waals surface area contributed by atoms with Crippen molar-refractivity contribution in [1.29, 1.82) is 0 Å². The summed E-state index contributed by atoms with van der Waals surface area (Å²) >= 11 is 4.01. The van der Waals surface area contributed by atoms with Crippen molar-refractivity contribution in [2.24, 2.45) is 0 Å². The second-order valence-corrected chi connectivity index (χ2v) is 6.38. The molecule has 1 fully saturated rings. The molecule has 0 unspecified atom stereocenters. The predicted molar refractivity (Wildman–Crippen MR) is 70.6 cm³/mol. The zero-order valence-corrected chi connectivity index (χ0v) is 11.1. The third kappa shape index (κ3) is 4.03. The van der Waals surface area contributed by atoms with Gasteiger partial charge >= 0.3 is 0 Å². The molecular formula is C11H23NS2. The predicted octanol–water partition coefficient (Wildman–Crippen LogP) is 3.00. The molecule has 1 aliphatic carbocycles. The minimum Gasteiger partial charge on any atom is -0.315 e. The quantitative estimate of drug-likeness (QED) is 0.708. The van der Waals surface area contributed by atoms with Gasteiger partial charge in [-0.15, -0.1) is 0 Å². The molecule has 14 heavy (non-hydrogen) atoms. The lowest BCUT2D eigenvalue weighted by Crippen LogP contribution is -2.40. The van der Waals surface area contributed by atoms with Crippen LogP contribution in [0.2, 0.25) is 0 Å². The Morgan fingerprint density at radius 2 is 1.86 bits per heavy atom. The van der Waals surface area contributed by atoms with E-state index >= 15 is 0 Å². The topological polar surface area (TPSA) is 12.0 Å². The van der Waals surface area contributed by atoms with Gasteiger partial charge in [-0.05, 0) is 25.4 Å². The van der Waals surface area contributed by atoms with Crippen molar-refractivity contribution in [2.75, 3.05) is 31.4 Å². The zero-order chi connectivity index (χ0) is 10.3. The summed E-state index contributed by atoms with van der Waals surface area (Å²) in [5, 5.41) is 3.61. The number of hydrogen-bond acceptors (Lipinski definition) is 3. The van der Waals surface area contributed by atoms with Gasteiger partial charge in [-0.1, -0.05) is 19.3 Å². The lowest BCUT2D eigenvalue weighted by molar-refractivity contribution is 0.383. The van der Waals surface area contributed by atoms with E-state index in [1.54, 1.807) is 0 Å². The average molecular weight is 233 g/mol. The fourth-order valence-electron chi connectivity index (χ4n) is 2.14. The monoisotopic (exact) mass is 233 g/mol. The lowest BCUT2D eigenvalue weighted by atomic mass is 9.88. The van der Waals surface area contributed by atoms with Crippen molar-refractivity contribution >= 4 is 23.5 Å². The Bertz CT molecular complexity index is 144. The molecule has 0 saturated heterocycles. The van der Waals surface area contributed by atoms with Gasteiger partial charge in [-0.3, -0.25) is 0 Å². The molecule has 1 aliphatic rings. The minimum absolute atomic E-state index is 0.566. The van der Waals surface area contributed by atoms with Crippen LogP contribution in [0.5, 0.6) is 0 Å². The molecule has 1 N–H and O–H groups in total. The summed E-state index contributed by atoms with van der Waals surface area (Å²) in [4.78, 5) is 0. The van der Waals surface area contributed by atoms with E-state index in [1.807, 2.05) is 11.8 Å². The second-order valence-electron chi connectivity index (χ2n) is 4.12. The summed E-state index contributed by atoms with van der Waals surface area (Å²) in [7, 11) is 0. The summed E-state index contributed by atoms with van der Waals surface area (Å²) < 4.78 is 0.566.